The summed E-state index contributed by atoms with van der Waals surface area (Å²) in [4.78, 5) is 25.3. The van der Waals surface area contributed by atoms with Crippen molar-refractivity contribution in [1.29, 1.82) is 0 Å². The van der Waals surface area contributed by atoms with Gasteiger partial charge in [0, 0.05) is 6.54 Å². The number of ether oxygens (including phenoxy) is 2. The second-order valence-electron chi connectivity index (χ2n) is 6.98. The third-order valence-corrected chi connectivity index (χ3v) is 4.86. The molecule has 1 atom stereocenters. The molecule has 0 aliphatic carbocycles. The largest absolute Gasteiger partial charge is 0.496 e. The molecule has 0 aromatic heterocycles. The van der Waals surface area contributed by atoms with E-state index >= 15 is 0 Å². The monoisotopic (exact) mass is 401 g/mol. The minimum absolute atomic E-state index is 0.136. The Balaban J connectivity index is 2.13. The van der Waals surface area contributed by atoms with Crippen molar-refractivity contribution in [2.45, 2.75) is 33.4 Å². The third kappa shape index (κ3) is 5.23. The highest BCUT2D eigenvalue weighted by Gasteiger charge is 2.23. The summed E-state index contributed by atoms with van der Waals surface area (Å²) < 4.78 is 10.4. The van der Waals surface area contributed by atoms with Gasteiger partial charge in [-0.25, -0.2) is 0 Å². The summed E-state index contributed by atoms with van der Waals surface area (Å²) in [7, 11) is 4.91. The normalized spacial score (nSPS) is 11.8. The molecular formula is C21H27N3O5. The van der Waals surface area contributed by atoms with Gasteiger partial charge in [-0.1, -0.05) is 12.1 Å². The van der Waals surface area contributed by atoms with E-state index in [-0.39, 0.29) is 17.3 Å². The van der Waals surface area contributed by atoms with E-state index in [0.717, 1.165) is 22.4 Å². The molecule has 0 aliphatic heterocycles. The van der Waals surface area contributed by atoms with Crippen LogP contribution in [0.3, 0.4) is 0 Å². The number of methoxy groups -OCH3 is 2. The van der Waals surface area contributed by atoms with E-state index in [9.17, 15) is 14.9 Å². The van der Waals surface area contributed by atoms with Crippen molar-refractivity contribution >= 4 is 17.3 Å². The van der Waals surface area contributed by atoms with Crippen molar-refractivity contribution in [2.24, 2.45) is 0 Å². The number of benzene rings is 2. The topological polar surface area (TPSA) is 93.9 Å². The van der Waals surface area contributed by atoms with Crippen LogP contribution in [0.1, 0.15) is 23.6 Å². The first kappa shape index (κ1) is 22.2. The van der Waals surface area contributed by atoms with E-state index in [1.54, 1.807) is 20.1 Å². The second-order valence-corrected chi connectivity index (χ2v) is 6.98. The molecule has 0 aliphatic rings. The van der Waals surface area contributed by atoms with Crippen LogP contribution >= 0.6 is 0 Å². The highest BCUT2D eigenvalue weighted by molar-refractivity contribution is 5.96. The minimum Gasteiger partial charge on any atom is -0.496 e. The number of aryl methyl sites for hydroxylation is 2. The number of anilines is 1. The van der Waals surface area contributed by atoms with Crippen LogP contribution in [-0.2, 0) is 11.3 Å². The van der Waals surface area contributed by atoms with E-state index in [4.69, 9.17) is 9.47 Å². The summed E-state index contributed by atoms with van der Waals surface area (Å²) in [5.41, 5.74) is 3.04. The van der Waals surface area contributed by atoms with Gasteiger partial charge in [0.15, 0.2) is 0 Å². The average molecular weight is 401 g/mol. The number of nitro benzene ring substituents is 1. The van der Waals surface area contributed by atoms with Crippen LogP contribution in [0.5, 0.6) is 11.5 Å². The van der Waals surface area contributed by atoms with E-state index in [1.165, 1.54) is 19.2 Å². The summed E-state index contributed by atoms with van der Waals surface area (Å²) in [6.07, 6.45) is 0. The number of likely N-dealkylation sites (N-methyl/N-ethyl adjacent to an activating group) is 1. The van der Waals surface area contributed by atoms with Crippen LogP contribution in [0.15, 0.2) is 30.3 Å². The van der Waals surface area contributed by atoms with Crippen LogP contribution in [0.25, 0.3) is 0 Å². The molecule has 0 saturated carbocycles. The summed E-state index contributed by atoms with van der Waals surface area (Å²) in [5.74, 6) is 0.877. The lowest BCUT2D eigenvalue weighted by Crippen LogP contribution is -2.39. The van der Waals surface area contributed by atoms with Crippen molar-refractivity contribution in [2.75, 3.05) is 26.6 Å². The van der Waals surface area contributed by atoms with Gasteiger partial charge in [0.1, 0.15) is 17.2 Å². The Hall–Kier alpha value is -3.13. The molecule has 8 nitrogen and oxygen atoms in total. The van der Waals surface area contributed by atoms with E-state index in [1.807, 2.05) is 37.9 Å². The average Bonchev–Trinajstić information content (AvgIpc) is 2.67. The maximum absolute atomic E-state index is 12.7. The molecule has 0 radical (unpaired) electrons. The number of hydrogen-bond acceptors (Lipinski definition) is 6. The van der Waals surface area contributed by atoms with Gasteiger partial charge in [-0.15, -0.1) is 0 Å². The molecule has 0 heterocycles. The molecule has 0 fully saturated rings. The van der Waals surface area contributed by atoms with Gasteiger partial charge in [0.25, 0.3) is 5.69 Å². The summed E-state index contributed by atoms with van der Waals surface area (Å²) in [6, 6.07) is 7.88. The van der Waals surface area contributed by atoms with Crippen LogP contribution in [0.2, 0.25) is 0 Å². The molecule has 0 bridgehead atoms. The second kappa shape index (κ2) is 9.38. The predicted molar refractivity (Wildman–Crippen MR) is 112 cm³/mol. The van der Waals surface area contributed by atoms with Crippen molar-refractivity contribution in [1.82, 2.24) is 4.90 Å². The predicted octanol–water partition coefficient (Wildman–Crippen LogP) is 3.69. The third-order valence-electron chi connectivity index (χ3n) is 4.86. The Morgan fingerprint density at radius 3 is 2.31 bits per heavy atom. The van der Waals surface area contributed by atoms with Gasteiger partial charge in [0.2, 0.25) is 5.91 Å². The van der Waals surface area contributed by atoms with Crippen molar-refractivity contribution in [3.8, 4) is 11.5 Å². The van der Waals surface area contributed by atoms with E-state index < -0.39 is 11.0 Å². The zero-order valence-electron chi connectivity index (χ0n) is 17.6. The quantitative estimate of drug-likeness (QED) is 0.536. The maximum atomic E-state index is 12.7. The number of carbonyl (C=O) groups is 1. The summed E-state index contributed by atoms with van der Waals surface area (Å²) >= 11 is 0. The number of rotatable bonds is 8. The highest BCUT2D eigenvalue weighted by Crippen LogP contribution is 2.29. The van der Waals surface area contributed by atoms with Gasteiger partial charge in [-0.05, 0) is 56.6 Å². The van der Waals surface area contributed by atoms with Crippen LogP contribution in [-0.4, -0.2) is 43.0 Å². The summed E-state index contributed by atoms with van der Waals surface area (Å²) in [5, 5.41) is 14.0. The van der Waals surface area contributed by atoms with Crippen molar-refractivity contribution < 1.29 is 19.2 Å². The van der Waals surface area contributed by atoms with Crippen LogP contribution in [0, 0.1) is 24.0 Å². The van der Waals surface area contributed by atoms with Crippen LogP contribution in [0.4, 0.5) is 11.4 Å². The number of nitro groups is 1. The molecule has 156 valence electrons. The van der Waals surface area contributed by atoms with E-state index in [0.29, 0.717) is 12.3 Å². The zero-order chi connectivity index (χ0) is 21.7. The fourth-order valence-corrected chi connectivity index (χ4v) is 3.21. The molecule has 0 spiro atoms. The molecule has 2 aromatic carbocycles. The summed E-state index contributed by atoms with van der Waals surface area (Å²) in [6.45, 7) is 6.27. The number of nitrogens with zero attached hydrogens (tertiary/aromatic N) is 2. The Morgan fingerprint density at radius 2 is 1.79 bits per heavy atom. The van der Waals surface area contributed by atoms with Crippen molar-refractivity contribution in [3.05, 3.63) is 57.1 Å². The SMILES string of the molecule is COc1ccc(NC(=O)C(C)N(C)Cc2cc(C)c(OC)c(C)c2)c([N+](=O)[O-])c1. The smallest absolute Gasteiger partial charge is 0.296 e. The fourth-order valence-electron chi connectivity index (χ4n) is 3.21. The molecule has 2 rings (SSSR count). The molecular weight excluding hydrogens is 374 g/mol. The standard InChI is InChI=1S/C21H27N3O5/c1-13-9-16(10-14(2)20(13)29-6)12-23(4)15(3)21(25)22-18-8-7-17(28-5)11-19(18)24(26)27/h7-11,15H,12H2,1-6H3,(H,22,25). The van der Waals surface area contributed by atoms with Gasteiger partial charge in [-0.3, -0.25) is 19.8 Å². The molecule has 1 unspecified atom stereocenters. The van der Waals surface area contributed by atoms with Crippen LogP contribution < -0.4 is 14.8 Å². The Morgan fingerprint density at radius 1 is 1.17 bits per heavy atom. The lowest BCUT2D eigenvalue weighted by Gasteiger charge is -2.24. The lowest BCUT2D eigenvalue weighted by atomic mass is 10.0. The first-order valence-corrected chi connectivity index (χ1v) is 9.15. The molecule has 0 saturated heterocycles. The number of hydrogen-bond donors (Lipinski definition) is 1. The Bertz CT molecular complexity index is 890. The van der Waals surface area contributed by atoms with E-state index in [2.05, 4.69) is 5.32 Å². The zero-order valence-corrected chi connectivity index (χ0v) is 17.6. The fraction of sp³-hybridized carbons (Fsp3) is 0.381. The number of amides is 1. The molecule has 1 N–H and O–H groups in total. The lowest BCUT2D eigenvalue weighted by molar-refractivity contribution is -0.384. The van der Waals surface area contributed by atoms with Gasteiger partial charge < -0.3 is 14.8 Å². The van der Waals surface area contributed by atoms with Gasteiger partial charge >= 0.3 is 0 Å². The minimum atomic E-state index is -0.546. The van der Waals surface area contributed by atoms with Crippen molar-refractivity contribution in [3.63, 3.8) is 0 Å². The molecule has 1 amide bonds. The number of nitrogens with one attached hydrogen (secondary N) is 1. The Kier molecular flexibility index (Phi) is 7.17. The first-order chi connectivity index (χ1) is 13.7. The molecule has 29 heavy (non-hydrogen) atoms. The number of carbonyl (C=O) groups excluding carboxylic acids is 1. The maximum Gasteiger partial charge on any atom is 0.296 e. The molecule has 8 heteroatoms. The molecule has 2 aromatic rings. The first-order valence-electron chi connectivity index (χ1n) is 9.15. The van der Waals surface area contributed by atoms with Gasteiger partial charge in [-0.2, -0.15) is 0 Å². The highest BCUT2D eigenvalue weighted by atomic mass is 16.6. The van der Waals surface area contributed by atoms with Gasteiger partial charge in [0.05, 0.1) is 31.3 Å². The Labute approximate surface area is 170 Å².